The van der Waals surface area contributed by atoms with Gasteiger partial charge in [-0.2, -0.15) is 0 Å². The molecular formula is C10H11NO. The molecule has 2 heteroatoms. The first-order valence-corrected chi connectivity index (χ1v) is 3.67. The van der Waals surface area contributed by atoms with Gasteiger partial charge in [-0.05, 0) is 17.5 Å². The summed E-state index contributed by atoms with van der Waals surface area (Å²) in [6, 6.07) is 10.5. The molecule has 0 atom stereocenters. The van der Waals surface area contributed by atoms with Gasteiger partial charge in [-0.3, -0.25) is 0 Å². The molecular weight excluding hydrogens is 150 g/mol. The Morgan fingerprint density at radius 3 is 2.50 bits per heavy atom. The van der Waals surface area contributed by atoms with Gasteiger partial charge in [0.15, 0.2) is 0 Å². The highest BCUT2D eigenvalue weighted by Crippen LogP contribution is 2.12. The molecule has 1 heterocycles. The molecule has 2 rings (SSSR count). The summed E-state index contributed by atoms with van der Waals surface area (Å²) < 4.78 is 2.12. The fourth-order valence-corrected chi connectivity index (χ4v) is 1.22. The SMILES string of the molecule is C=O.Cn1ccc2ccccc21. The van der Waals surface area contributed by atoms with Gasteiger partial charge in [0.05, 0.1) is 0 Å². The van der Waals surface area contributed by atoms with Crippen molar-refractivity contribution in [3.63, 3.8) is 0 Å². The molecule has 0 unspecified atom stereocenters. The van der Waals surface area contributed by atoms with E-state index in [0.717, 1.165) is 0 Å². The zero-order valence-corrected chi connectivity index (χ0v) is 7.03. The molecule has 0 saturated carbocycles. The molecule has 0 saturated heterocycles. The van der Waals surface area contributed by atoms with E-state index in [4.69, 9.17) is 4.79 Å². The highest BCUT2D eigenvalue weighted by molar-refractivity contribution is 5.79. The molecule has 0 amide bonds. The lowest BCUT2D eigenvalue weighted by Crippen LogP contribution is -1.81. The number of rotatable bonds is 0. The van der Waals surface area contributed by atoms with Gasteiger partial charge in [0.2, 0.25) is 0 Å². The molecule has 62 valence electrons. The second kappa shape index (κ2) is 3.72. The third kappa shape index (κ3) is 1.37. The first kappa shape index (κ1) is 8.53. The first-order valence-electron chi connectivity index (χ1n) is 3.67. The Morgan fingerprint density at radius 2 is 1.83 bits per heavy atom. The quantitative estimate of drug-likeness (QED) is 0.579. The summed E-state index contributed by atoms with van der Waals surface area (Å²) in [4.78, 5) is 8.00. The summed E-state index contributed by atoms with van der Waals surface area (Å²) in [6.45, 7) is 2.00. The minimum atomic E-state index is 1.29. The Kier molecular flexibility index (Phi) is 2.64. The summed E-state index contributed by atoms with van der Waals surface area (Å²) in [5, 5.41) is 1.31. The largest absolute Gasteiger partial charge is 0.351 e. The van der Waals surface area contributed by atoms with E-state index in [2.05, 4.69) is 48.1 Å². The summed E-state index contributed by atoms with van der Waals surface area (Å²) in [5.41, 5.74) is 1.29. The van der Waals surface area contributed by atoms with Crippen LogP contribution in [0.25, 0.3) is 10.9 Å². The fraction of sp³-hybridized carbons (Fsp3) is 0.100. The number of carbonyl (C=O) groups is 1. The van der Waals surface area contributed by atoms with Crippen LogP contribution < -0.4 is 0 Å². The number of aryl methyl sites for hydroxylation is 1. The van der Waals surface area contributed by atoms with E-state index in [-0.39, 0.29) is 0 Å². The zero-order valence-electron chi connectivity index (χ0n) is 7.03. The number of fused-ring (bicyclic) bond motifs is 1. The molecule has 1 aromatic heterocycles. The highest BCUT2D eigenvalue weighted by Gasteiger charge is 1.92. The summed E-state index contributed by atoms with van der Waals surface area (Å²) in [6.07, 6.45) is 2.07. The zero-order chi connectivity index (χ0) is 8.97. The van der Waals surface area contributed by atoms with E-state index >= 15 is 0 Å². The van der Waals surface area contributed by atoms with Crippen LogP contribution in [0, 0.1) is 0 Å². The topological polar surface area (TPSA) is 22.0 Å². The van der Waals surface area contributed by atoms with Crippen LogP contribution in [-0.2, 0) is 11.8 Å². The number of nitrogens with zero attached hydrogens (tertiary/aromatic N) is 1. The Bertz CT molecular complexity index is 365. The fourth-order valence-electron chi connectivity index (χ4n) is 1.22. The van der Waals surface area contributed by atoms with Crippen LogP contribution in [0.1, 0.15) is 0 Å². The van der Waals surface area contributed by atoms with Crippen LogP contribution in [0.4, 0.5) is 0 Å². The molecule has 0 N–H and O–H groups in total. The average Bonchev–Trinajstić information content (AvgIpc) is 2.53. The normalized spacial score (nSPS) is 9.08. The molecule has 0 fully saturated rings. The van der Waals surface area contributed by atoms with E-state index in [1.165, 1.54) is 10.9 Å². The maximum absolute atomic E-state index is 8.00. The van der Waals surface area contributed by atoms with Gasteiger partial charge in [-0.25, -0.2) is 0 Å². The smallest absolute Gasteiger partial charge is 0.106 e. The third-order valence-electron chi connectivity index (χ3n) is 1.79. The van der Waals surface area contributed by atoms with Crippen molar-refractivity contribution >= 4 is 17.7 Å². The Hall–Kier alpha value is -1.57. The van der Waals surface area contributed by atoms with Crippen molar-refractivity contribution in [2.45, 2.75) is 0 Å². The molecule has 0 aliphatic rings. The molecule has 12 heavy (non-hydrogen) atoms. The number of hydrogen-bond acceptors (Lipinski definition) is 1. The molecule has 2 aromatic rings. The second-order valence-electron chi connectivity index (χ2n) is 2.49. The van der Waals surface area contributed by atoms with Crippen LogP contribution >= 0.6 is 0 Å². The van der Waals surface area contributed by atoms with Gasteiger partial charge in [0.1, 0.15) is 6.79 Å². The lowest BCUT2D eigenvalue weighted by Gasteiger charge is -1.92. The third-order valence-corrected chi connectivity index (χ3v) is 1.79. The van der Waals surface area contributed by atoms with Crippen molar-refractivity contribution in [3.05, 3.63) is 36.5 Å². The predicted molar refractivity (Wildman–Crippen MR) is 50.0 cm³/mol. The Morgan fingerprint density at radius 1 is 1.17 bits per heavy atom. The van der Waals surface area contributed by atoms with Crippen molar-refractivity contribution in [2.24, 2.45) is 7.05 Å². The Labute approximate surface area is 71.4 Å². The van der Waals surface area contributed by atoms with Crippen LogP contribution in [0.5, 0.6) is 0 Å². The summed E-state index contributed by atoms with van der Waals surface area (Å²) in [7, 11) is 2.06. The molecule has 2 nitrogen and oxygen atoms in total. The van der Waals surface area contributed by atoms with Gasteiger partial charge < -0.3 is 9.36 Å². The summed E-state index contributed by atoms with van der Waals surface area (Å²) in [5.74, 6) is 0. The molecule has 1 aromatic carbocycles. The van der Waals surface area contributed by atoms with E-state index in [0.29, 0.717) is 0 Å². The molecule has 0 aliphatic carbocycles. The van der Waals surface area contributed by atoms with Crippen molar-refractivity contribution < 1.29 is 4.79 Å². The van der Waals surface area contributed by atoms with Crippen LogP contribution in [0.3, 0.4) is 0 Å². The number of hydrogen-bond donors (Lipinski definition) is 0. The number of carbonyl (C=O) groups excluding carboxylic acids is 1. The van der Waals surface area contributed by atoms with Crippen molar-refractivity contribution in [1.82, 2.24) is 4.57 Å². The van der Waals surface area contributed by atoms with Crippen LogP contribution in [-0.4, -0.2) is 11.4 Å². The van der Waals surface area contributed by atoms with E-state index < -0.39 is 0 Å². The van der Waals surface area contributed by atoms with E-state index in [1.54, 1.807) is 0 Å². The minimum absolute atomic E-state index is 1.29. The number of benzene rings is 1. The lowest BCUT2D eigenvalue weighted by molar-refractivity contribution is -0.0979. The van der Waals surface area contributed by atoms with Crippen LogP contribution in [0.2, 0.25) is 0 Å². The minimum Gasteiger partial charge on any atom is -0.351 e. The number of para-hydroxylation sites is 1. The lowest BCUT2D eigenvalue weighted by atomic mass is 10.2. The maximum Gasteiger partial charge on any atom is 0.106 e. The first-order chi connectivity index (χ1) is 5.88. The maximum atomic E-state index is 8.00. The predicted octanol–water partition coefficient (Wildman–Crippen LogP) is 1.99. The van der Waals surface area contributed by atoms with Crippen molar-refractivity contribution in [2.75, 3.05) is 0 Å². The molecule has 0 spiro atoms. The van der Waals surface area contributed by atoms with Crippen molar-refractivity contribution in [1.29, 1.82) is 0 Å². The van der Waals surface area contributed by atoms with Gasteiger partial charge in [-0.15, -0.1) is 0 Å². The molecule has 0 aliphatic heterocycles. The highest BCUT2D eigenvalue weighted by atomic mass is 16.1. The standard InChI is InChI=1S/C9H9N.CH2O/c1-10-7-6-8-4-2-3-5-9(8)10;1-2/h2-7H,1H3;1H2. The van der Waals surface area contributed by atoms with Gasteiger partial charge in [0.25, 0.3) is 0 Å². The van der Waals surface area contributed by atoms with Crippen molar-refractivity contribution in [3.8, 4) is 0 Å². The molecule has 0 bridgehead atoms. The molecule has 0 radical (unpaired) electrons. The van der Waals surface area contributed by atoms with Gasteiger partial charge in [-0.1, -0.05) is 18.2 Å². The number of aromatic nitrogens is 1. The van der Waals surface area contributed by atoms with Gasteiger partial charge in [0, 0.05) is 18.8 Å². The Balaban J connectivity index is 0.000000336. The van der Waals surface area contributed by atoms with Crippen LogP contribution in [0.15, 0.2) is 36.5 Å². The van der Waals surface area contributed by atoms with E-state index in [1.807, 2.05) is 6.79 Å². The summed E-state index contributed by atoms with van der Waals surface area (Å²) >= 11 is 0. The second-order valence-corrected chi connectivity index (χ2v) is 2.49. The van der Waals surface area contributed by atoms with Gasteiger partial charge >= 0.3 is 0 Å². The van der Waals surface area contributed by atoms with E-state index in [9.17, 15) is 0 Å². The average molecular weight is 161 g/mol. The monoisotopic (exact) mass is 161 g/mol.